The average Bonchev–Trinajstić information content (AvgIpc) is 2.97. The minimum Gasteiger partial charge on any atom is -0.480 e. The van der Waals surface area contributed by atoms with E-state index in [1.807, 2.05) is 18.2 Å². The van der Waals surface area contributed by atoms with Crippen molar-refractivity contribution in [2.24, 2.45) is 0 Å². The molecule has 0 saturated heterocycles. The topological polar surface area (TPSA) is 69.6 Å². The molecule has 0 bridgehead atoms. The van der Waals surface area contributed by atoms with Crippen LogP contribution in [0, 0.1) is 0 Å². The van der Waals surface area contributed by atoms with Gasteiger partial charge in [-0.05, 0) is 24.5 Å². The van der Waals surface area contributed by atoms with Gasteiger partial charge in [0.05, 0.1) is 0 Å². The van der Waals surface area contributed by atoms with Gasteiger partial charge in [0, 0.05) is 17.6 Å². The lowest BCUT2D eigenvalue weighted by Crippen LogP contribution is -2.47. The van der Waals surface area contributed by atoms with E-state index in [1.54, 1.807) is 6.07 Å². The number of hydrogen-bond donors (Lipinski definition) is 2. The van der Waals surface area contributed by atoms with Crippen LogP contribution >= 0.6 is 11.6 Å². The fraction of sp³-hybridized carbons (Fsp3) is 0.467. The molecule has 1 aliphatic rings. The summed E-state index contributed by atoms with van der Waals surface area (Å²) in [6.45, 7) is 0.0281. The normalized spacial score (nSPS) is 14.9. The third-order valence-electron chi connectivity index (χ3n) is 3.72. The van der Waals surface area contributed by atoms with Gasteiger partial charge in [0.15, 0.2) is 0 Å². The summed E-state index contributed by atoms with van der Waals surface area (Å²) in [7, 11) is 0. The number of rotatable bonds is 5. The van der Waals surface area contributed by atoms with Gasteiger partial charge in [-0.3, -0.25) is 4.79 Å². The molecule has 0 heterocycles. The summed E-state index contributed by atoms with van der Waals surface area (Å²) in [5, 5.41) is 12.3. The zero-order chi connectivity index (χ0) is 15.2. The average molecular weight is 311 g/mol. The Hall–Kier alpha value is -1.75. The number of carboxylic acids is 1. The summed E-state index contributed by atoms with van der Waals surface area (Å²) in [5.41, 5.74) is 0.814. The molecule has 2 N–H and O–H groups in total. The van der Waals surface area contributed by atoms with Crippen LogP contribution in [0.25, 0.3) is 0 Å². The molecule has 1 aliphatic carbocycles. The molecule has 0 radical (unpaired) electrons. The molecular weight excluding hydrogens is 292 g/mol. The first kappa shape index (κ1) is 15.6. The van der Waals surface area contributed by atoms with Crippen LogP contribution in [0.2, 0.25) is 5.02 Å². The number of benzene rings is 1. The molecule has 2 amide bonds. The highest BCUT2D eigenvalue weighted by Gasteiger charge is 2.28. The number of nitrogens with one attached hydrogen (secondary N) is 1. The number of carbonyl (C=O) groups excluding carboxylic acids is 1. The molecule has 0 atom stereocenters. The van der Waals surface area contributed by atoms with Crippen LogP contribution in [0.15, 0.2) is 24.3 Å². The van der Waals surface area contributed by atoms with Crippen molar-refractivity contribution in [2.45, 2.75) is 38.3 Å². The van der Waals surface area contributed by atoms with Gasteiger partial charge in [0.25, 0.3) is 0 Å². The number of nitrogens with zero attached hydrogens (tertiary/aromatic N) is 1. The van der Waals surface area contributed by atoms with Crippen LogP contribution in [0.5, 0.6) is 0 Å². The highest BCUT2D eigenvalue weighted by molar-refractivity contribution is 6.31. The van der Waals surface area contributed by atoms with Crippen molar-refractivity contribution in [2.75, 3.05) is 6.54 Å². The van der Waals surface area contributed by atoms with E-state index in [-0.39, 0.29) is 18.6 Å². The second-order valence-corrected chi connectivity index (χ2v) is 5.62. The largest absolute Gasteiger partial charge is 0.480 e. The molecule has 5 nitrogen and oxygen atoms in total. The van der Waals surface area contributed by atoms with E-state index < -0.39 is 5.97 Å². The van der Waals surface area contributed by atoms with Crippen molar-refractivity contribution >= 4 is 23.6 Å². The maximum atomic E-state index is 12.3. The molecule has 1 saturated carbocycles. The third-order valence-corrected chi connectivity index (χ3v) is 4.09. The van der Waals surface area contributed by atoms with Crippen LogP contribution in [-0.2, 0) is 11.3 Å². The van der Waals surface area contributed by atoms with Crippen LogP contribution in [-0.4, -0.2) is 34.6 Å². The summed E-state index contributed by atoms with van der Waals surface area (Å²) in [4.78, 5) is 24.6. The Morgan fingerprint density at radius 3 is 2.57 bits per heavy atom. The zero-order valence-electron chi connectivity index (χ0n) is 11.7. The van der Waals surface area contributed by atoms with Crippen LogP contribution in [0.4, 0.5) is 4.79 Å². The molecule has 0 unspecified atom stereocenters. The van der Waals surface area contributed by atoms with Gasteiger partial charge in [-0.2, -0.15) is 0 Å². The monoisotopic (exact) mass is 310 g/mol. The van der Waals surface area contributed by atoms with Crippen molar-refractivity contribution in [3.8, 4) is 0 Å². The van der Waals surface area contributed by atoms with Crippen LogP contribution < -0.4 is 5.32 Å². The van der Waals surface area contributed by atoms with Crippen LogP contribution in [0.3, 0.4) is 0 Å². The van der Waals surface area contributed by atoms with Gasteiger partial charge >= 0.3 is 12.0 Å². The molecule has 0 aromatic heterocycles. The summed E-state index contributed by atoms with van der Waals surface area (Å²) in [6, 6.07) is 6.94. The Morgan fingerprint density at radius 1 is 1.29 bits per heavy atom. The Kier molecular flexibility index (Phi) is 5.44. The molecule has 0 aliphatic heterocycles. The summed E-state index contributed by atoms with van der Waals surface area (Å²) >= 11 is 6.04. The number of halogens is 1. The van der Waals surface area contributed by atoms with E-state index in [2.05, 4.69) is 5.32 Å². The van der Waals surface area contributed by atoms with E-state index >= 15 is 0 Å². The molecule has 1 aromatic carbocycles. The van der Waals surface area contributed by atoms with E-state index in [9.17, 15) is 9.59 Å². The predicted molar refractivity (Wildman–Crippen MR) is 80.3 cm³/mol. The van der Waals surface area contributed by atoms with Crippen molar-refractivity contribution in [3.63, 3.8) is 0 Å². The quantitative estimate of drug-likeness (QED) is 0.878. The minimum atomic E-state index is -0.991. The number of urea groups is 1. The first-order valence-corrected chi connectivity index (χ1v) is 7.45. The maximum Gasteiger partial charge on any atom is 0.323 e. The molecule has 6 heteroatoms. The van der Waals surface area contributed by atoms with Gasteiger partial charge < -0.3 is 15.3 Å². The number of carboxylic acid groups (broad SMARTS) is 1. The molecule has 2 rings (SSSR count). The summed E-state index contributed by atoms with van der Waals surface area (Å²) in [6.07, 6.45) is 3.82. The van der Waals surface area contributed by atoms with Crippen molar-refractivity contribution < 1.29 is 14.7 Å². The lowest BCUT2D eigenvalue weighted by molar-refractivity contribution is -0.138. The SMILES string of the molecule is O=C(O)CN(C(=O)NCc1ccccc1Cl)C1CCCC1. The fourth-order valence-electron chi connectivity index (χ4n) is 2.64. The van der Waals surface area contributed by atoms with Crippen LogP contribution in [0.1, 0.15) is 31.2 Å². The van der Waals surface area contributed by atoms with Crippen molar-refractivity contribution in [3.05, 3.63) is 34.9 Å². The standard InChI is InChI=1S/C15H19ClN2O3/c16-13-8-4-1-5-11(13)9-17-15(21)18(10-14(19)20)12-6-2-3-7-12/h1,4-5,8,12H,2-3,6-7,9-10H2,(H,17,21)(H,19,20). The Balaban J connectivity index is 1.97. The predicted octanol–water partition coefficient (Wildman–Crippen LogP) is 2.88. The van der Waals surface area contributed by atoms with Gasteiger partial charge in [0.2, 0.25) is 0 Å². The zero-order valence-corrected chi connectivity index (χ0v) is 12.5. The number of amides is 2. The molecule has 114 valence electrons. The third kappa shape index (κ3) is 4.36. The number of hydrogen-bond acceptors (Lipinski definition) is 2. The van der Waals surface area contributed by atoms with Gasteiger partial charge in [-0.1, -0.05) is 42.6 Å². The van der Waals surface area contributed by atoms with E-state index in [1.165, 1.54) is 4.90 Å². The first-order chi connectivity index (χ1) is 10.1. The summed E-state index contributed by atoms with van der Waals surface area (Å²) < 4.78 is 0. The number of aliphatic carboxylic acids is 1. The Labute approximate surface area is 128 Å². The lowest BCUT2D eigenvalue weighted by Gasteiger charge is -2.27. The molecular formula is C15H19ClN2O3. The summed E-state index contributed by atoms with van der Waals surface area (Å²) in [5.74, 6) is -0.991. The van der Waals surface area contributed by atoms with Gasteiger partial charge in [-0.25, -0.2) is 4.79 Å². The van der Waals surface area contributed by atoms with Gasteiger partial charge in [0.1, 0.15) is 6.54 Å². The second-order valence-electron chi connectivity index (χ2n) is 5.21. The Morgan fingerprint density at radius 2 is 1.95 bits per heavy atom. The molecule has 1 aromatic rings. The smallest absolute Gasteiger partial charge is 0.323 e. The molecule has 21 heavy (non-hydrogen) atoms. The highest BCUT2D eigenvalue weighted by atomic mass is 35.5. The van der Waals surface area contributed by atoms with E-state index in [0.29, 0.717) is 11.6 Å². The van der Waals surface area contributed by atoms with Crippen molar-refractivity contribution in [1.29, 1.82) is 0 Å². The molecule has 0 spiro atoms. The van der Waals surface area contributed by atoms with Crippen molar-refractivity contribution in [1.82, 2.24) is 10.2 Å². The minimum absolute atomic E-state index is 0.0207. The van der Waals surface area contributed by atoms with Gasteiger partial charge in [-0.15, -0.1) is 0 Å². The van der Waals surface area contributed by atoms with E-state index in [4.69, 9.17) is 16.7 Å². The first-order valence-electron chi connectivity index (χ1n) is 7.07. The molecule has 1 fully saturated rings. The lowest BCUT2D eigenvalue weighted by atomic mass is 10.2. The van der Waals surface area contributed by atoms with E-state index in [0.717, 1.165) is 31.2 Å². The fourth-order valence-corrected chi connectivity index (χ4v) is 2.85. The maximum absolute atomic E-state index is 12.3. The second kappa shape index (κ2) is 7.31. The Bertz CT molecular complexity index is 515. The highest BCUT2D eigenvalue weighted by Crippen LogP contribution is 2.23. The number of carbonyl (C=O) groups is 2.